The Hall–Kier alpha value is -0.860. The molecular formula is C8H15NO2. The summed E-state index contributed by atoms with van der Waals surface area (Å²) in [4.78, 5) is 10.2. The lowest BCUT2D eigenvalue weighted by Crippen LogP contribution is -2.14. The number of nitrogens with one attached hydrogen (secondary N) is 1. The third kappa shape index (κ3) is 4.53. The Morgan fingerprint density at radius 2 is 2.18 bits per heavy atom. The molecule has 0 bridgehead atoms. The molecule has 1 unspecified atom stereocenters. The van der Waals surface area contributed by atoms with E-state index in [9.17, 15) is 4.79 Å². The van der Waals surface area contributed by atoms with Crippen molar-refractivity contribution in [3.63, 3.8) is 0 Å². The number of carbonyl (C=O) groups is 1. The smallest absolute Gasteiger partial charge is 0.309 e. The first kappa shape index (κ1) is 10.1. The lowest BCUT2D eigenvalue weighted by Gasteiger charge is -2.08. The molecule has 3 heteroatoms. The van der Waals surface area contributed by atoms with Crippen molar-refractivity contribution in [1.29, 1.82) is 5.41 Å². The highest BCUT2D eigenvalue weighted by atomic mass is 16.4. The summed E-state index contributed by atoms with van der Waals surface area (Å²) in [7, 11) is 0. The van der Waals surface area contributed by atoms with Gasteiger partial charge in [0.15, 0.2) is 0 Å². The van der Waals surface area contributed by atoms with Crippen LogP contribution in [0.2, 0.25) is 0 Å². The van der Waals surface area contributed by atoms with Gasteiger partial charge in [-0.3, -0.25) is 4.79 Å². The highest BCUT2D eigenvalue weighted by Crippen LogP contribution is 2.08. The van der Waals surface area contributed by atoms with Crippen LogP contribution in [0.3, 0.4) is 0 Å². The molecule has 0 spiro atoms. The van der Waals surface area contributed by atoms with Crippen molar-refractivity contribution in [1.82, 2.24) is 0 Å². The average Bonchev–Trinajstić information content (AvgIpc) is 1.86. The monoisotopic (exact) mass is 157 g/mol. The van der Waals surface area contributed by atoms with Gasteiger partial charge in [0.05, 0.1) is 6.42 Å². The maximum atomic E-state index is 10.2. The average molecular weight is 157 g/mol. The molecule has 0 aliphatic heterocycles. The normalized spacial score (nSPS) is 12.5. The molecule has 0 fully saturated rings. The van der Waals surface area contributed by atoms with Crippen LogP contribution in [-0.4, -0.2) is 16.8 Å². The molecule has 0 aromatic rings. The number of aliphatic carboxylic acids is 1. The fourth-order valence-corrected chi connectivity index (χ4v) is 0.944. The third-order valence-electron chi connectivity index (χ3n) is 1.66. The Morgan fingerprint density at radius 1 is 1.64 bits per heavy atom. The second-order valence-corrected chi connectivity index (χ2v) is 2.79. The van der Waals surface area contributed by atoms with Crippen molar-refractivity contribution in [2.45, 2.75) is 33.1 Å². The van der Waals surface area contributed by atoms with Gasteiger partial charge in [-0.15, -0.1) is 0 Å². The molecule has 0 saturated carbocycles. The van der Waals surface area contributed by atoms with Crippen LogP contribution >= 0.6 is 0 Å². The molecule has 0 aliphatic rings. The van der Waals surface area contributed by atoms with E-state index in [1.807, 2.05) is 13.8 Å². The number of hydrogen-bond donors (Lipinski definition) is 2. The van der Waals surface area contributed by atoms with Crippen molar-refractivity contribution in [3.05, 3.63) is 0 Å². The Kier molecular flexibility index (Phi) is 4.50. The van der Waals surface area contributed by atoms with Crippen LogP contribution in [0.4, 0.5) is 0 Å². The lowest BCUT2D eigenvalue weighted by atomic mass is 9.98. The lowest BCUT2D eigenvalue weighted by molar-refractivity contribution is -0.135. The van der Waals surface area contributed by atoms with E-state index in [1.165, 1.54) is 0 Å². The number of carboxylic acid groups (broad SMARTS) is 1. The molecule has 2 N–H and O–H groups in total. The zero-order valence-corrected chi connectivity index (χ0v) is 7.05. The molecule has 3 nitrogen and oxygen atoms in total. The third-order valence-corrected chi connectivity index (χ3v) is 1.66. The largest absolute Gasteiger partial charge is 0.481 e. The molecular weight excluding hydrogens is 142 g/mol. The summed E-state index contributed by atoms with van der Waals surface area (Å²) in [5, 5.41) is 15.7. The van der Waals surface area contributed by atoms with Gasteiger partial charge < -0.3 is 10.5 Å². The minimum atomic E-state index is -0.905. The molecule has 0 heterocycles. The predicted octanol–water partition coefficient (Wildman–Crippen LogP) is 1.92. The van der Waals surface area contributed by atoms with E-state index in [-0.39, 0.29) is 12.3 Å². The molecule has 0 saturated heterocycles. The van der Waals surface area contributed by atoms with Gasteiger partial charge in [-0.2, -0.15) is 0 Å². The molecule has 64 valence electrons. The predicted molar refractivity (Wildman–Crippen MR) is 44.1 cm³/mol. The van der Waals surface area contributed by atoms with Crippen molar-refractivity contribution < 1.29 is 9.90 Å². The van der Waals surface area contributed by atoms with Gasteiger partial charge in [-0.25, -0.2) is 0 Å². The van der Waals surface area contributed by atoms with E-state index in [4.69, 9.17) is 10.5 Å². The van der Waals surface area contributed by atoms with Crippen LogP contribution in [0.15, 0.2) is 0 Å². The first-order chi connectivity index (χ1) is 5.07. The molecule has 0 radical (unpaired) electrons. The van der Waals surface area contributed by atoms with Crippen molar-refractivity contribution in [2.24, 2.45) is 5.92 Å². The minimum Gasteiger partial charge on any atom is -0.481 e. The van der Waals surface area contributed by atoms with E-state index < -0.39 is 5.97 Å². The second-order valence-electron chi connectivity index (χ2n) is 2.79. The van der Waals surface area contributed by atoms with E-state index in [0.29, 0.717) is 5.71 Å². The molecule has 1 atom stereocenters. The summed E-state index contributed by atoms with van der Waals surface area (Å²) in [6, 6.07) is 0. The Labute approximate surface area is 66.9 Å². The van der Waals surface area contributed by atoms with Gasteiger partial charge in [0.1, 0.15) is 0 Å². The fourth-order valence-electron chi connectivity index (χ4n) is 0.944. The summed E-state index contributed by atoms with van der Waals surface area (Å²) in [6.45, 7) is 3.93. The van der Waals surface area contributed by atoms with Crippen molar-refractivity contribution >= 4 is 11.7 Å². The van der Waals surface area contributed by atoms with Crippen LogP contribution in [-0.2, 0) is 4.79 Å². The van der Waals surface area contributed by atoms with Crippen LogP contribution in [0, 0.1) is 11.3 Å². The summed E-state index contributed by atoms with van der Waals surface area (Å²) < 4.78 is 0. The van der Waals surface area contributed by atoms with Crippen LogP contribution in [0.25, 0.3) is 0 Å². The maximum absolute atomic E-state index is 10.2. The van der Waals surface area contributed by atoms with E-state index in [2.05, 4.69) is 0 Å². The standard InChI is InChI=1S/C8H15NO2/c1-3-4-6(2)7(9)5-8(10)11/h6,9H,3-5H2,1-2H3,(H,10,11). The van der Waals surface area contributed by atoms with Crippen LogP contribution in [0.5, 0.6) is 0 Å². The van der Waals surface area contributed by atoms with Gasteiger partial charge in [-0.1, -0.05) is 20.3 Å². The van der Waals surface area contributed by atoms with E-state index >= 15 is 0 Å². The Bertz CT molecular complexity index is 154. The first-order valence-electron chi connectivity index (χ1n) is 3.87. The van der Waals surface area contributed by atoms with Crippen molar-refractivity contribution in [3.8, 4) is 0 Å². The van der Waals surface area contributed by atoms with Gasteiger partial charge in [0.25, 0.3) is 0 Å². The number of carboxylic acids is 1. The Balaban J connectivity index is 3.73. The highest BCUT2D eigenvalue weighted by Gasteiger charge is 2.10. The molecule has 0 aromatic carbocycles. The summed E-state index contributed by atoms with van der Waals surface area (Å²) >= 11 is 0. The van der Waals surface area contributed by atoms with Gasteiger partial charge >= 0.3 is 5.97 Å². The zero-order valence-electron chi connectivity index (χ0n) is 7.05. The van der Waals surface area contributed by atoms with Gasteiger partial charge in [0, 0.05) is 5.71 Å². The molecule has 11 heavy (non-hydrogen) atoms. The highest BCUT2D eigenvalue weighted by molar-refractivity contribution is 5.97. The zero-order chi connectivity index (χ0) is 8.85. The van der Waals surface area contributed by atoms with E-state index in [1.54, 1.807) is 0 Å². The molecule has 0 aromatic heterocycles. The Morgan fingerprint density at radius 3 is 2.55 bits per heavy atom. The maximum Gasteiger partial charge on any atom is 0.309 e. The summed E-state index contributed by atoms with van der Waals surface area (Å²) in [5.74, 6) is -0.783. The van der Waals surface area contributed by atoms with Gasteiger partial charge in [0.2, 0.25) is 0 Å². The second kappa shape index (κ2) is 4.88. The molecule has 0 amide bonds. The quantitative estimate of drug-likeness (QED) is 0.599. The van der Waals surface area contributed by atoms with Crippen LogP contribution < -0.4 is 0 Å². The number of hydrogen-bond acceptors (Lipinski definition) is 2. The van der Waals surface area contributed by atoms with Crippen molar-refractivity contribution in [2.75, 3.05) is 0 Å². The van der Waals surface area contributed by atoms with Gasteiger partial charge in [-0.05, 0) is 12.3 Å². The summed E-state index contributed by atoms with van der Waals surface area (Å²) in [6.07, 6.45) is 1.80. The topological polar surface area (TPSA) is 61.2 Å². The van der Waals surface area contributed by atoms with Crippen LogP contribution in [0.1, 0.15) is 33.1 Å². The van der Waals surface area contributed by atoms with E-state index in [0.717, 1.165) is 12.8 Å². The molecule has 0 aliphatic carbocycles. The fraction of sp³-hybridized carbons (Fsp3) is 0.750. The minimum absolute atomic E-state index is 0.110. The SMILES string of the molecule is CCCC(C)C(=N)CC(=O)O. The number of rotatable bonds is 5. The summed E-state index contributed by atoms with van der Waals surface area (Å²) in [5.41, 5.74) is 0.333. The first-order valence-corrected chi connectivity index (χ1v) is 3.87. The molecule has 0 rings (SSSR count).